The molecule has 0 fully saturated rings. The maximum absolute atomic E-state index is 12.3. The molecule has 1 heterocycles. The number of carbonyl (C=O) groups is 1. The van der Waals surface area contributed by atoms with Gasteiger partial charge in [-0.05, 0) is 51.5 Å². The first kappa shape index (κ1) is 16.1. The summed E-state index contributed by atoms with van der Waals surface area (Å²) in [6, 6.07) is 9.58. The molecule has 118 valence electrons. The van der Waals surface area contributed by atoms with Crippen LogP contribution in [0.15, 0.2) is 30.3 Å². The van der Waals surface area contributed by atoms with Gasteiger partial charge in [-0.2, -0.15) is 0 Å². The normalized spacial score (nSPS) is 10.8. The second kappa shape index (κ2) is 6.69. The molecule has 0 atom stereocenters. The van der Waals surface area contributed by atoms with Crippen molar-refractivity contribution < 1.29 is 9.53 Å². The first-order valence-corrected chi connectivity index (χ1v) is 7.55. The number of nitrogens with one attached hydrogen (secondary N) is 1. The number of benzene rings is 1. The highest BCUT2D eigenvalue weighted by Crippen LogP contribution is 2.25. The topological polar surface area (TPSA) is 43.3 Å². The molecular formula is C18H24N2O2. The molecule has 1 N–H and O–H groups in total. The van der Waals surface area contributed by atoms with Crippen LogP contribution in [-0.4, -0.2) is 16.6 Å². The highest BCUT2D eigenvalue weighted by molar-refractivity contribution is 5.93. The molecule has 1 aromatic heterocycles. The molecule has 0 spiro atoms. The quantitative estimate of drug-likeness (QED) is 0.916. The summed E-state index contributed by atoms with van der Waals surface area (Å²) >= 11 is 0. The van der Waals surface area contributed by atoms with Gasteiger partial charge in [-0.1, -0.05) is 12.1 Å². The van der Waals surface area contributed by atoms with Crippen LogP contribution >= 0.6 is 0 Å². The molecule has 2 aromatic rings. The Morgan fingerprint density at radius 3 is 2.55 bits per heavy atom. The molecule has 0 aliphatic heterocycles. The van der Waals surface area contributed by atoms with Crippen LogP contribution in [0, 0.1) is 13.8 Å². The number of para-hydroxylation sites is 2. The van der Waals surface area contributed by atoms with Crippen molar-refractivity contribution >= 4 is 11.6 Å². The monoisotopic (exact) mass is 300 g/mol. The van der Waals surface area contributed by atoms with Gasteiger partial charge in [-0.3, -0.25) is 4.79 Å². The van der Waals surface area contributed by atoms with E-state index >= 15 is 0 Å². The Bertz CT molecular complexity index is 672. The highest BCUT2D eigenvalue weighted by Gasteiger charge is 2.13. The largest absolute Gasteiger partial charge is 0.489 e. The molecule has 0 bridgehead atoms. The molecule has 22 heavy (non-hydrogen) atoms. The summed E-state index contributed by atoms with van der Waals surface area (Å²) in [5.41, 5.74) is 4.05. The Balaban J connectivity index is 2.11. The number of aryl methyl sites for hydroxylation is 1. The Hall–Kier alpha value is -2.23. The van der Waals surface area contributed by atoms with Crippen LogP contribution in [0.3, 0.4) is 0 Å². The van der Waals surface area contributed by atoms with Gasteiger partial charge in [-0.25, -0.2) is 0 Å². The second-order valence-corrected chi connectivity index (χ2v) is 5.84. The van der Waals surface area contributed by atoms with Crippen LogP contribution in [0.25, 0.3) is 0 Å². The van der Waals surface area contributed by atoms with Crippen molar-refractivity contribution in [3.05, 3.63) is 47.3 Å². The molecule has 0 radical (unpaired) electrons. The minimum absolute atomic E-state index is 0.0338. The number of anilines is 1. The van der Waals surface area contributed by atoms with Crippen molar-refractivity contribution in [1.29, 1.82) is 0 Å². The van der Waals surface area contributed by atoms with E-state index in [0.717, 1.165) is 17.0 Å². The maximum Gasteiger partial charge on any atom is 0.228 e. The lowest BCUT2D eigenvalue weighted by molar-refractivity contribution is -0.115. The first-order chi connectivity index (χ1) is 10.4. The molecule has 1 amide bonds. The molecule has 4 nitrogen and oxygen atoms in total. The summed E-state index contributed by atoms with van der Waals surface area (Å²) in [5.74, 6) is 0.667. The molecule has 2 rings (SSSR count). The van der Waals surface area contributed by atoms with E-state index in [4.69, 9.17) is 4.74 Å². The van der Waals surface area contributed by atoms with Gasteiger partial charge in [0.25, 0.3) is 0 Å². The van der Waals surface area contributed by atoms with Gasteiger partial charge in [0.1, 0.15) is 5.75 Å². The average Bonchev–Trinajstić information content (AvgIpc) is 2.68. The van der Waals surface area contributed by atoms with E-state index in [-0.39, 0.29) is 12.0 Å². The summed E-state index contributed by atoms with van der Waals surface area (Å²) in [4.78, 5) is 12.3. The fourth-order valence-corrected chi connectivity index (χ4v) is 2.41. The summed E-state index contributed by atoms with van der Waals surface area (Å²) < 4.78 is 7.82. The Morgan fingerprint density at radius 2 is 1.95 bits per heavy atom. The predicted molar refractivity (Wildman–Crippen MR) is 89.4 cm³/mol. The van der Waals surface area contributed by atoms with Crippen molar-refractivity contribution in [2.24, 2.45) is 7.05 Å². The van der Waals surface area contributed by atoms with Crippen molar-refractivity contribution in [1.82, 2.24) is 4.57 Å². The van der Waals surface area contributed by atoms with E-state index in [1.165, 1.54) is 0 Å². The fourth-order valence-electron chi connectivity index (χ4n) is 2.41. The maximum atomic E-state index is 12.3. The highest BCUT2D eigenvalue weighted by atomic mass is 16.5. The molecule has 0 saturated carbocycles. The SMILES string of the molecule is Cc1cc(CC(=O)Nc2ccccc2OC(C)C)c(C)n1C. The lowest BCUT2D eigenvalue weighted by Gasteiger charge is -2.14. The molecular weight excluding hydrogens is 276 g/mol. The zero-order chi connectivity index (χ0) is 16.3. The van der Waals surface area contributed by atoms with E-state index in [9.17, 15) is 4.79 Å². The summed E-state index contributed by atoms with van der Waals surface area (Å²) in [5, 5.41) is 2.95. The van der Waals surface area contributed by atoms with Crippen LogP contribution in [0.5, 0.6) is 5.75 Å². The summed E-state index contributed by atoms with van der Waals surface area (Å²) in [7, 11) is 2.01. The number of aromatic nitrogens is 1. The Labute approximate surface area is 132 Å². The third-order valence-electron chi connectivity index (χ3n) is 3.75. The number of ether oxygens (including phenoxy) is 1. The van der Waals surface area contributed by atoms with Crippen molar-refractivity contribution in [3.63, 3.8) is 0 Å². The molecule has 0 saturated heterocycles. The van der Waals surface area contributed by atoms with Gasteiger partial charge in [0.15, 0.2) is 0 Å². The standard InChI is InChI=1S/C18H24N2O2/c1-12(2)22-17-9-7-6-8-16(17)19-18(21)11-15-10-13(3)20(5)14(15)4/h6-10,12H,11H2,1-5H3,(H,19,21). The van der Waals surface area contributed by atoms with Crippen molar-refractivity contribution in [3.8, 4) is 5.75 Å². The van der Waals surface area contributed by atoms with Crippen LogP contribution in [0.1, 0.15) is 30.8 Å². The van der Waals surface area contributed by atoms with E-state index in [1.807, 2.05) is 59.0 Å². The molecule has 0 unspecified atom stereocenters. The minimum atomic E-state index is -0.0338. The lowest BCUT2D eigenvalue weighted by Crippen LogP contribution is -2.16. The van der Waals surface area contributed by atoms with E-state index < -0.39 is 0 Å². The third-order valence-corrected chi connectivity index (χ3v) is 3.75. The van der Waals surface area contributed by atoms with Crippen molar-refractivity contribution in [2.45, 2.75) is 40.2 Å². The minimum Gasteiger partial charge on any atom is -0.489 e. The van der Waals surface area contributed by atoms with Gasteiger partial charge in [0.05, 0.1) is 18.2 Å². The smallest absolute Gasteiger partial charge is 0.228 e. The summed E-state index contributed by atoms with van der Waals surface area (Å²) in [6.07, 6.45) is 0.431. The predicted octanol–water partition coefficient (Wildman–Crippen LogP) is 3.61. The Morgan fingerprint density at radius 1 is 1.27 bits per heavy atom. The number of nitrogens with zero attached hydrogens (tertiary/aromatic N) is 1. The first-order valence-electron chi connectivity index (χ1n) is 7.55. The van der Waals surface area contributed by atoms with Crippen LogP contribution in [-0.2, 0) is 18.3 Å². The van der Waals surface area contributed by atoms with Crippen LogP contribution in [0.2, 0.25) is 0 Å². The fraction of sp³-hybridized carbons (Fsp3) is 0.389. The van der Waals surface area contributed by atoms with Crippen molar-refractivity contribution in [2.75, 3.05) is 5.32 Å². The number of amides is 1. The second-order valence-electron chi connectivity index (χ2n) is 5.84. The molecule has 0 aliphatic rings. The third kappa shape index (κ3) is 3.70. The number of rotatable bonds is 5. The molecule has 4 heteroatoms. The number of carbonyl (C=O) groups excluding carboxylic acids is 1. The van der Waals surface area contributed by atoms with E-state index in [2.05, 4.69) is 16.0 Å². The zero-order valence-electron chi connectivity index (χ0n) is 13.9. The zero-order valence-corrected chi connectivity index (χ0v) is 13.9. The average molecular weight is 300 g/mol. The van der Waals surface area contributed by atoms with Gasteiger partial charge in [0.2, 0.25) is 5.91 Å². The lowest BCUT2D eigenvalue weighted by atomic mass is 10.1. The Kier molecular flexibility index (Phi) is 4.91. The van der Waals surface area contributed by atoms with Gasteiger partial charge in [0, 0.05) is 18.4 Å². The van der Waals surface area contributed by atoms with E-state index in [0.29, 0.717) is 17.9 Å². The molecule has 0 aliphatic carbocycles. The van der Waals surface area contributed by atoms with Crippen LogP contribution < -0.4 is 10.1 Å². The summed E-state index contributed by atoms with van der Waals surface area (Å²) in [6.45, 7) is 8.01. The number of hydrogen-bond acceptors (Lipinski definition) is 2. The molecule has 1 aromatic carbocycles. The van der Waals surface area contributed by atoms with E-state index in [1.54, 1.807) is 0 Å². The van der Waals surface area contributed by atoms with Crippen LogP contribution in [0.4, 0.5) is 5.69 Å². The van der Waals surface area contributed by atoms with Gasteiger partial charge < -0.3 is 14.6 Å². The van der Waals surface area contributed by atoms with Gasteiger partial charge >= 0.3 is 0 Å². The van der Waals surface area contributed by atoms with Gasteiger partial charge in [-0.15, -0.1) is 0 Å². The number of hydrogen-bond donors (Lipinski definition) is 1.